The molecule has 2 fully saturated rings. The Labute approximate surface area is 329 Å². The van der Waals surface area contributed by atoms with Gasteiger partial charge in [0.05, 0.1) is 25.3 Å². The van der Waals surface area contributed by atoms with Crippen LogP contribution in [0.15, 0.2) is 72.8 Å². The summed E-state index contributed by atoms with van der Waals surface area (Å²) in [5.74, 6) is -0.440. The first-order chi connectivity index (χ1) is 27.0. The first-order valence-corrected chi connectivity index (χ1v) is 20.3. The minimum absolute atomic E-state index is 0.0466. The number of hydrogen-bond acceptors (Lipinski definition) is 8. The summed E-state index contributed by atoms with van der Waals surface area (Å²) in [5.41, 5.74) is 1.92. The molecule has 4 N–H and O–H groups in total. The summed E-state index contributed by atoms with van der Waals surface area (Å²) in [7, 11) is 0. The number of esters is 2. The third kappa shape index (κ3) is 8.76. The van der Waals surface area contributed by atoms with Gasteiger partial charge in [-0.1, -0.05) is 114 Å². The Morgan fingerprint density at radius 3 is 1.27 bits per heavy atom. The molecule has 0 unspecified atom stereocenters. The maximum absolute atomic E-state index is 12.9. The lowest BCUT2D eigenvalue weighted by molar-refractivity contribution is -0.135. The van der Waals surface area contributed by atoms with Gasteiger partial charge in [-0.3, -0.25) is 19.2 Å². The number of hydrogen-bond donors (Lipinski definition) is 4. The van der Waals surface area contributed by atoms with Crippen molar-refractivity contribution < 1.29 is 38.9 Å². The molecule has 10 nitrogen and oxygen atoms in total. The molecule has 0 bridgehead atoms. The standard InChI is InChI=1S/C46H56N2O8/c1-27(2)41-43(35(25-49)47-45(41)53)33-21-23-37(31-17-13-11-15-29(31)33)55-39(51)19-9-7-5-6-8-10-20-40(52)56-38-24-22-34(30-16-12-14-18-32(30)38)44-36(26-50)48-46(54)42(44)28(3)4/h11-18,21-24,27-28,35-36,41-44,49-50H,5-10,19-20,25-26H2,1-4H3,(H,47,53)(H,48,54)/t35-,36-,41-,42-,43-,44-/m1/s1. The van der Waals surface area contributed by atoms with Crippen molar-refractivity contribution in [3.8, 4) is 11.5 Å². The second-order valence-corrected chi connectivity index (χ2v) is 16.2. The van der Waals surface area contributed by atoms with Crippen molar-refractivity contribution in [3.05, 3.63) is 83.9 Å². The first kappa shape index (κ1) is 40.9. The number of ether oxygens (including phenoxy) is 2. The van der Waals surface area contributed by atoms with E-state index in [1.807, 2.05) is 88.4 Å². The van der Waals surface area contributed by atoms with Crippen LogP contribution in [0.3, 0.4) is 0 Å². The maximum Gasteiger partial charge on any atom is 0.311 e. The van der Waals surface area contributed by atoms with E-state index in [1.165, 1.54) is 0 Å². The summed E-state index contributed by atoms with van der Waals surface area (Å²) in [6, 6.07) is 22.2. The van der Waals surface area contributed by atoms with Crippen LogP contribution in [-0.4, -0.2) is 59.3 Å². The molecular formula is C46H56N2O8. The Hall–Kier alpha value is -4.80. The number of nitrogens with one attached hydrogen (secondary N) is 2. The molecule has 0 saturated carbocycles. The molecule has 4 aromatic rings. The fraction of sp³-hybridized carbons (Fsp3) is 0.478. The number of rotatable bonds is 17. The van der Waals surface area contributed by atoms with Crippen LogP contribution >= 0.6 is 0 Å². The van der Waals surface area contributed by atoms with Crippen molar-refractivity contribution in [2.45, 2.75) is 103 Å². The first-order valence-electron chi connectivity index (χ1n) is 20.3. The van der Waals surface area contributed by atoms with Crippen molar-refractivity contribution in [1.29, 1.82) is 0 Å². The normalized spacial score (nSPS) is 22.2. The minimum atomic E-state index is -0.375. The largest absolute Gasteiger partial charge is 0.426 e. The molecule has 0 radical (unpaired) electrons. The van der Waals surface area contributed by atoms with Crippen LogP contribution in [0.1, 0.15) is 102 Å². The molecule has 2 amide bonds. The molecule has 298 valence electrons. The lowest BCUT2D eigenvalue weighted by Gasteiger charge is -2.26. The van der Waals surface area contributed by atoms with Crippen LogP contribution in [0, 0.1) is 23.7 Å². The Balaban J connectivity index is 0.951. The van der Waals surface area contributed by atoms with Crippen LogP contribution in [0.4, 0.5) is 0 Å². The van der Waals surface area contributed by atoms with Crippen molar-refractivity contribution in [1.82, 2.24) is 10.6 Å². The number of carbonyl (C=O) groups excluding carboxylic acids is 4. The highest BCUT2D eigenvalue weighted by molar-refractivity contribution is 5.96. The zero-order valence-electron chi connectivity index (χ0n) is 33.0. The fourth-order valence-corrected chi connectivity index (χ4v) is 9.08. The van der Waals surface area contributed by atoms with Crippen molar-refractivity contribution >= 4 is 45.3 Å². The lowest BCUT2D eigenvalue weighted by atomic mass is 9.77. The van der Waals surface area contributed by atoms with Gasteiger partial charge < -0.3 is 30.3 Å². The van der Waals surface area contributed by atoms with E-state index < -0.39 is 0 Å². The third-order valence-corrected chi connectivity index (χ3v) is 11.7. The summed E-state index contributed by atoms with van der Waals surface area (Å²) in [4.78, 5) is 51.4. The minimum Gasteiger partial charge on any atom is -0.426 e. The predicted molar refractivity (Wildman–Crippen MR) is 216 cm³/mol. The molecular weight excluding hydrogens is 709 g/mol. The van der Waals surface area contributed by atoms with Gasteiger partial charge in [-0.25, -0.2) is 0 Å². The average Bonchev–Trinajstić information content (AvgIpc) is 3.71. The topological polar surface area (TPSA) is 151 Å². The van der Waals surface area contributed by atoms with Crippen LogP contribution in [-0.2, 0) is 19.2 Å². The van der Waals surface area contributed by atoms with Crippen LogP contribution in [0.2, 0.25) is 0 Å². The molecule has 6 atom stereocenters. The molecule has 4 aromatic carbocycles. The number of unbranched alkanes of at least 4 members (excludes halogenated alkanes) is 5. The van der Waals surface area contributed by atoms with E-state index in [4.69, 9.17) is 9.47 Å². The Morgan fingerprint density at radius 1 is 0.554 bits per heavy atom. The SMILES string of the molecule is CC(C)[C@H]1C(=O)N[C@H](CO)[C@H]1c1ccc(OC(=O)CCCCCCCCC(=O)Oc2ccc([C@H]3[C@@H](C(C)C)C(=O)N[C@@H]3CO)c3ccccc23)c2ccccc12. The highest BCUT2D eigenvalue weighted by atomic mass is 16.5. The quantitative estimate of drug-likeness (QED) is 0.0497. The zero-order valence-corrected chi connectivity index (χ0v) is 33.0. The van der Waals surface area contributed by atoms with Gasteiger partial charge in [0.25, 0.3) is 0 Å². The van der Waals surface area contributed by atoms with E-state index in [0.717, 1.165) is 58.4 Å². The summed E-state index contributed by atoms with van der Waals surface area (Å²) < 4.78 is 11.7. The second kappa shape index (κ2) is 18.4. The molecule has 2 heterocycles. The number of benzene rings is 4. The highest BCUT2D eigenvalue weighted by Crippen LogP contribution is 2.44. The lowest BCUT2D eigenvalue weighted by Crippen LogP contribution is -2.31. The monoisotopic (exact) mass is 764 g/mol. The smallest absolute Gasteiger partial charge is 0.311 e. The van der Waals surface area contributed by atoms with Crippen LogP contribution < -0.4 is 20.1 Å². The van der Waals surface area contributed by atoms with Crippen LogP contribution in [0.5, 0.6) is 11.5 Å². The second-order valence-electron chi connectivity index (χ2n) is 16.2. The Kier molecular flexibility index (Phi) is 13.4. The Morgan fingerprint density at radius 2 is 0.911 bits per heavy atom. The van der Waals surface area contributed by atoms with Gasteiger partial charge in [-0.15, -0.1) is 0 Å². The highest BCUT2D eigenvalue weighted by Gasteiger charge is 2.46. The molecule has 0 spiro atoms. The molecule has 0 aromatic heterocycles. The molecule has 2 aliphatic heterocycles. The van der Waals surface area contributed by atoms with Gasteiger partial charge in [0.2, 0.25) is 11.8 Å². The molecule has 10 heteroatoms. The van der Waals surface area contributed by atoms with E-state index in [9.17, 15) is 29.4 Å². The molecule has 2 saturated heterocycles. The maximum atomic E-state index is 12.9. The van der Waals surface area contributed by atoms with E-state index >= 15 is 0 Å². The van der Waals surface area contributed by atoms with Gasteiger partial charge in [0.1, 0.15) is 11.5 Å². The number of aliphatic hydroxyl groups is 2. The van der Waals surface area contributed by atoms with Gasteiger partial charge >= 0.3 is 11.9 Å². The average molecular weight is 765 g/mol. The molecule has 56 heavy (non-hydrogen) atoms. The van der Waals surface area contributed by atoms with Gasteiger partial charge in [0.15, 0.2) is 0 Å². The predicted octanol–water partition coefficient (Wildman–Crippen LogP) is 7.32. The third-order valence-electron chi connectivity index (χ3n) is 11.7. The van der Waals surface area contributed by atoms with Gasteiger partial charge in [-0.05, 0) is 58.7 Å². The van der Waals surface area contributed by atoms with Crippen molar-refractivity contribution in [2.75, 3.05) is 13.2 Å². The number of fused-ring (bicyclic) bond motifs is 2. The van der Waals surface area contributed by atoms with E-state index in [0.29, 0.717) is 37.2 Å². The molecule has 6 rings (SSSR count). The summed E-state index contributed by atoms with van der Waals surface area (Å²) in [6.07, 6.45) is 5.61. The van der Waals surface area contributed by atoms with E-state index in [2.05, 4.69) is 10.6 Å². The number of carbonyl (C=O) groups is 4. The van der Waals surface area contributed by atoms with Crippen molar-refractivity contribution in [3.63, 3.8) is 0 Å². The fourth-order valence-electron chi connectivity index (χ4n) is 9.08. The molecule has 2 aliphatic rings. The van der Waals surface area contributed by atoms with Crippen molar-refractivity contribution in [2.24, 2.45) is 23.7 Å². The summed E-state index contributed by atoms with van der Waals surface area (Å²) in [5, 5.41) is 29.5. The van der Waals surface area contributed by atoms with Gasteiger partial charge in [0, 0.05) is 47.3 Å². The number of amides is 2. The zero-order chi connectivity index (χ0) is 39.9. The number of aliphatic hydroxyl groups excluding tert-OH is 2. The van der Waals surface area contributed by atoms with E-state index in [1.54, 1.807) is 12.1 Å². The summed E-state index contributed by atoms with van der Waals surface area (Å²) in [6.45, 7) is 7.78. The van der Waals surface area contributed by atoms with E-state index in [-0.39, 0.29) is 84.6 Å². The molecule has 0 aliphatic carbocycles. The van der Waals surface area contributed by atoms with Gasteiger partial charge in [-0.2, -0.15) is 0 Å². The Bertz CT molecular complexity index is 1900. The van der Waals surface area contributed by atoms with Crippen LogP contribution in [0.25, 0.3) is 21.5 Å². The summed E-state index contributed by atoms with van der Waals surface area (Å²) >= 11 is 0.